The number of aryl methyl sites for hydroxylation is 1. The zero-order chi connectivity index (χ0) is 13.3. The van der Waals surface area contributed by atoms with E-state index in [9.17, 15) is 0 Å². The van der Waals surface area contributed by atoms with E-state index >= 15 is 0 Å². The third-order valence-electron chi connectivity index (χ3n) is 4.20. The summed E-state index contributed by atoms with van der Waals surface area (Å²) in [6, 6.07) is 4.09. The summed E-state index contributed by atoms with van der Waals surface area (Å²) in [5, 5.41) is 3.43. The van der Waals surface area contributed by atoms with Crippen molar-refractivity contribution in [2.24, 2.45) is 0 Å². The summed E-state index contributed by atoms with van der Waals surface area (Å²) in [7, 11) is 0. The topological polar surface area (TPSA) is 42.7 Å². The van der Waals surface area contributed by atoms with Crippen LogP contribution in [-0.2, 0) is 5.41 Å². The number of hydrogen-bond acceptors (Lipinski definition) is 3. The summed E-state index contributed by atoms with van der Waals surface area (Å²) in [5.41, 5.74) is 3.67. The van der Waals surface area contributed by atoms with Gasteiger partial charge in [-0.15, -0.1) is 0 Å². The van der Waals surface area contributed by atoms with Crippen LogP contribution in [0.15, 0.2) is 30.9 Å². The van der Waals surface area contributed by atoms with E-state index in [2.05, 4.69) is 32.8 Å². The van der Waals surface area contributed by atoms with Crippen molar-refractivity contribution in [2.75, 3.05) is 13.1 Å². The maximum Gasteiger partial charge on any atom is 0.0994 e. The molecular weight excluding hydrogens is 236 g/mol. The molecule has 3 heterocycles. The Balaban J connectivity index is 2.06. The summed E-state index contributed by atoms with van der Waals surface area (Å²) in [6.45, 7) is 6.54. The van der Waals surface area contributed by atoms with Crippen LogP contribution in [0.5, 0.6) is 0 Å². The first-order valence-electron chi connectivity index (χ1n) is 6.86. The lowest BCUT2D eigenvalue weighted by Gasteiger charge is -2.34. The van der Waals surface area contributed by atoms with Crippen molar-refractivity contribution < 1.29 is 0 Å². The molecule has 1 N–H and O–H groups in total. The Bertz CT molecular complexity index is 567. The fraction of sp³-hybridized carbons (Fsp3) is 0.467. The van der Waals surface area contributed by atoms with Crippen molar-refractivity contribution in [2.45, 2.75) is 32.1 Å². The second-order valence-electron chi connectivity index (χ2n) is 5.57. The predicted octanol–water partition coefficient (Wildman–Crippen LogP) is 2.22. The molecule has 1 aliphatic rings. The molecule has 3 rings (SSSR count). The Labute approximate surface area is 113 Å². The van der Waals surface area contributed by atoms with Gasteiger partial charge in [0.25, 0.3) is 0 Å². The molecule has 2 aromatic rings. The SMILES string of the molecule is Cc1ncccc1-n1cncc1C1(C)CCNCC1. The molecule has 0 aliphatic carbocycles. The van der Waals surface area contributed by atoms with Gasteiger partial charge in [-0.25, -0.2) is 4.98 Å². The first-order valence-corrected chi connectivity index (χ1v) is 6.86. The highest BCUT2D eigenvalue weighted by atomic mass is 15.1. The second kappa shape index (κ2) is 4.78. The number of nitrogens with one attached hydrogen (secondary N) is 1. The number of rotatable bonds is 2. The summed E-state index contributed by atoms with van der Waals surface area (Å²) in [4.78, 5) is 8.76. The minimum Gasteiger partial charge on any atom is -0.317 e. The highest BCUT2D eigenvalue weighted by Gasteiger charge is 2.32. The van der Waals surface area contributed by atoms with Crippen molar-refractivity contribution in [3.05, 3.63) is 42.2 Å². The maximum atomic E-state index is 4.38. The summed E-state index contributed by atoms with van der Waals surface area (Å²) in [5.74, 6) is 0. The zero-order valence-corrected chi connectivity index (χ0v) is 11.6. The molecule has 0 aromatic carbocycles. The minimum absolute atomic E-state index is 0.198. The molecule has 100 valence electrons. The van der Waals surface area contributed by atoms with Crippen LogP contribution >= 0.6 is 0 Å². The van der Waals surface area contributed by atoms with Gasteiger partial charge in [-0.2, -0.15) is 0 Å². The fourth-order valence-electron chi connectivity index (χ4n) is 2.90. The van der Waals surface area contributed by atoms with E-state index in [1.165, 1.54) is 5.69 Å². The number of pyridine rings is 1. The van der Waals surface area contributed by atoms with Gasteiger partial charge in [0.05, 0.1) is 17.7 Å². The Kier molecular flexibility index (Phi) is 3.11. The lowest BCUT2D eigenvalue weighted by Crippen LogP contribution is -2.38. The highest BCUT2D eigenvalue weighted by molar-refractivity contribution is 5.38. The highest BCUT2D eigenvalue weighted by Crippen LogP contribution is 2.34. The molecule has 19 heavy (non-hydrogen) atoms. The summed E-state index contributed by atoms with van der Waals surface area (Å²) in [6.07, 6.45) is 8.06. The largest absolute Gasteiger partial charge is 0.317 e. The van der Waals surface area contributed by atoms with Crippen molar-refractivity contribution in [1.82, 2.24) is 19.9 Å². The molecule has 1 aliphatic heterocycles. The molecule has 0 saturated carbocycles. The molecule has 2 aromatic heterocycles. The molecule has 1 fully saturated rings. The molecule has 4 nitrogen and oxygen atoms in total. The average Bonchev–Trinajstić information content (AvgIpc) is 2.90. The smallest absolute Gasteiger partial charge is 0.0994 e. The number of nitrogens with zero attached hydrogens (tertiary/aromatic N) is 3. The van der Waals surface area contributed by atoms with E-state index in [-0.39, 0.29) is 5.41 Å². The summed E-state index contributed by atoms with van der Waals surface area (Å²) < 4.78 is 2.20. The third-order valence-corrected chi connectivity index (χ3v) is 4.20. The standard InChI is InChI=1S/C15H20N4/c1-12-13(4-3-7-18-12)19-11-17-10-14(19)15(2)5-8-16-9-6-15/h3-4,7,10-11,16H,5-6,8-9H2,1-2H3. The van der Waals surface area contributed by atoms with E-state index in [1.807, 2.05) is 31.7 Å². The van der Waals surface area contributed by atoms with E-state index in [4.69, 9.17) is 0 Å². The van der Waals surface area contributed by atoms with E-state index in [0.717, 1.165) is 37.3 Å². The molecule has 4 heteroatoms. The van der Waals surface area contributed by atoms with Gasteiger partial charge in [0.15, 0.2) is 0 Å². The Morgan fingerprint density at radius 2 is 2.11 bits per heavy atom. The number of imidazole rings is 1. The van der Waals surface area contributed by atoms with Gasteiger partial charge in [0.2, 0.25) is 0 Å². The number of hydrogen-bond donors (Lipinski definition) is 1. The van der Waals surface area contributed by atoms with E-state index in [1.54, 1.807) is 0 Å². The van der Waals surface area contributed by atoms with Crippen molar-refractivity contribution in [3.63, 3.8) is 0 Å². The molecule has 0 bridgehead atoms. The van der Waals surface area contributed by atoms with Crippen LogP contribution in [0.3, 0.4) is 0 Å². The third kappa shape index (κ3) is 2.16. The maximum absolute atomic E-state index is 4.38. The van der Waals surface area contributed by atoms with Crippen molar-refractivity contribution >= 4 is 0 Å². The number of piperidine rings is 1. The van der Waals surface area contributed by atoms with Crippen LogP contribution in [0.25, 0.3) is 5.69 Å². The molecule has 0 amide bonds. The first-order chi connectivity index (χ1) is 9.21. The molecule has 0 spiro atoms. The predicted molar refractivity (Wildman–Crippen MR) is 75.6 cm³/mol. The molecular formula is C15H20N4. The Morgan fingerprint density at radius 3 is 2.84 bits per heavy atom. The van der Waals surface area contributed by atoms with Gasteiger partial charge in [-0.3, -0.25) is 4.98 Å². The number of aromatic nitrogens is 3. The van der Waals surface area contributed by atoms with E-state index in [0.29, 0.717) is 0 Å². The normalized spacial score (nSPS) is 18.4. The van der Waals surface area contributed by atoms with Crippen molar-refractivity contribution in [3.8, 4) is 5.69 Å². The van der Waals surface area contributed by atoms with Gasteiger partial charge in [0.1, 0.15) is 0 Å². The van der Waals surface area contributed by atoms with Gasteiger partial charge in [-0.05, 0) is 45.0 Å². The average molecular weight is 256 g/mol. The van der Waals surface area contributed by atoms with Crippen LogP contribution in [0.4, 0.5) is 0 Å². The lowest BCUT2D eigenvalue weighted by molar-refractivity contribution is 0.324. The Morgan fingerprint density at radius 1 is 1.32 bits per heavy atom. The minimum atomic E-state index is 0.198. The quantitative estimate of drug-likeness (QED) is 0.896. The molecule has 0 radical (unpaired) electrons. The monoisotopic (exact) mass is 256 g/mol. The van der Waals surface area contributed by atoms with Crippen LogP contribution in [0.1, 0.15) is 31.2 Å². The first kappa shape index (κ1) is 12.4. The van der Waals surface area contributed by atoms with Crippen LogP contribution in [0.2, 0.25) is 0 Å². The van der Waals surface area contributed by atoms with Crippen LogP contribution < -0.4 is 5.32 Å². The molecule has 1 saturated heterocycles. The summed E-state index contributed by atoms with van der Waals surface area (Å²) >= 11 is 0. The lowest BCUT2D eigenvalue weighted by atomic mass is 9.78. The zero-order valence-electron chi connectivity index (χ0n) is 11.6. The Hall–Kier alpha value is -1.68. The van der Waals surface area contributed by atoms with Gasteiger partial charge in [0, 0.05) is 23.5 Å². The van der Waals surface area contributed by atoms with Gasteiger partial charge < -0.3 is 9.88 Å². The second-order valence-corrected chi connectivity index (χ2v) is 5.57. The van der Waals surface area contributed by atoms with Crippen LogP contribution in [0, 0.1) is 6.92 Å². The molecule has 0 atom stereocenters. The fourth-order valence-corrected chi connectivity index (χ4v) is 2.90. The van der Waals surface area contributed by atoms with E-state index < -0.39 is 0 Å². The van der Waals surface area contributed by atoms with Gasteiger partial charge in [-0.1, -0.05) is 6.92 Å². The van der Waals surface area contributed by atoms with Gasteiger partial charge >= 0.3 is 0 Å². The van der Waals surface area contributed by atoms with Crippen molar-refractivity contribution in [1.29, 1.82) is 0 Å². The van der Waals surface area contributed by atoms with Crippen LogP contribution in [-0.4, -0.2) is 27.6 Å². The molecule has 0 unspecified atom stereocenters.